The van der Waals surface area contributed by atoms with Crippen molar-refractivity contribution in [3.63, 3.8) is 0 Å². The van der Waals surface area contributed by atoms with Crippen molar-refractivity contribution in [1.82, 2.24) is 19.9 Å². The molecule has 0 unspecified atom stereocenters. The van der Waals surface area contributed by atoms with E-state index in [0.717, 1.165) is 11.1 Å². The molecule has 0 aromatic carbocycles. The highest BCUT2D eigenvalue weighted by Crippen LogP contribution is 2.30. The highest BCUT2D eigenvalue weighted by atomic mass is 16.3. The van der Waals surface area contributed by atoms with Crippen LogP contribution >= 0.6 is 0 Å². The lowest BCUT2D eigenvalue weighted by molar-refractivity contribution is 0.598. The fourth-order valence-corrected chi connectivity index (χ4v) is 1.94. The quantitative estimate of drug-likeness (QED) is 0.506. The zero-order valence-electron chi connectivity index (χ0n) is 9.07. The second kappa shape index (κ2) is 3.36. The van der Waals surface area contributed by atoms with E-state index in [1.54, 1.807) is 24.7 Å². The third kappa shape index (κ3) is 1.17. The number of hydrogen-bond donors (Lipinski definition) is 0. The first kappa shape index (κ1) is 9.29. The van der Waals surface area contributed by atoms with Gasteiger partial charge in [-0.05, 0) is 6.07 Å². The molecule has 0 aliphatic rings. The molecule has 0 bridgehead atoms. The SMILES string of the molecule is c1cc2ncoc2c(-c2cncc3ncoc23)n1. The van der Waals surface area contributed by atoms with Crippen molar-refractivity contribution in [1.29, 1.82) is 0 Å². The molecule has 6 heteroatoms. The second-order valence-corrected chi connectivity index (χ2v) is 3.75. The normalized spacial score (nSPS) is 11.3. The van der Waals surface area contributed by atoms with Gasteiger partial charge in [0.05, 0.1) is 11.8 Å². The lowest BCUT2D eigenvalue weighted by atomic mass is 10.1. The van der Waals surface area contributed by atoms with Gasteiger partial charge < -0.3 is 8.83 Å². The van der Waals surface area contributed by atoms with Crippen LogP contribution in [0, 0.1) is 0 Å². The Morgan fingerprint density at radius 2 is 1.67 bits per heavy atom. The van der Waals surface area contributed by atoms with Gasteiger partial charge in [0.15, 0.2) is 24.0 Å². The summed E-state index contributed by atoms with van der Waals surface area (Å²) in [4.78, 5) is 16.6. The molecule has 0 saturated carbocycles. The number of rotatable bonds is 1. The molecule has 0 saturated heterocycles. The molecule has 0 fully saturated rings. The van der Waals surface area contributed by atoms with E-state index in [-0.39, 0.29) is 0 Å². The van der Waals surface area contributed by atoms with Crippen molar-refractivity contribution < 1.29 is 8.83 Å². The van der Waals surface area contributed by atoms with Crippen LogP contribution in [0.2, 0.25) is 0 Å². The van der Waals surface area contributed by atoms with Gasteiger partial charge in [-0.15, -0.1) is 0 Å². The molecule has 0 aliphatic heterocycles. The zero-order valence-corrected chi connectivity index (χ0v) is 9.07. The van der Waals surface area contributed by atoms with Gasteiger partial charge in [0, 0.05) is 12.4 Å². The topological polar surface area (TPSA) is 77.8 Å². The first-order valence-electron chi connectivity index (χ1n) is 5.29. The molecule has 0 radical (unpaired) electrons. The first-order chi connectivity index (χ1) is 8.93. The molecule has 0 aliphatic carbocycles. The molecule has 6 nitrogen and oxygen atoms in total. The van der Waals surface area contributed by atoms with Gasteiger partial charge in [0.1, 0.15) is 16.7 Å². The molecule has 0 spiro atoms. The zero-order chi connectivity index (χ0) is 11.9. The van der Waals surface area contributed by atoms with E-state index in [4.69, 9.17) is 8.83 Å². The molecular formula is C12H6N4O2. The standard InChI is InChI=1S/C12H6N4O2/c1-2-14-10(12-8(1)15-5-18-12)7-3-13-4-9-11(7)17-6-16-9/h1-6H. The van der Waals surface area contributed by atoms with Gasteiger partial charge in [-0.2, -0.15) is 0 Å². The third-order valence-corrected chi connectivity index (χ3v) is 2.74. The summed E-state index contributed by atoms with van der Waals surface area (Å²) >= 11 is 0. The van der Waals surface area contributed by atoms with E-state index in [1.807, 2.05) is 0 Å². The van der Waals surface area contributed by atoms with Crippen molar-refractivity contribution in [3.05, 3.63) is 37.4 Å². The summed E-state index contributed by atoms with van der Waals surface area (Å²) in [5.41, 5.74) is 4.08. The summed E-state index contributed by atoms with van der Waals surface area (Å²) in [5, 5.41) is 0. The summed E-state index contributed by atoms with van der Waals surface area (Å²) in [6.07, 6.45) is 7.77. The van der Waals surface area contributed by atoms with Crippen LogP contribution in [0.4, 0.5) is 0 Å². The minimum Gasteiger partial charge on any atom is -0.443 e. The molecule has 0 amide bonds. The Labute approximate surface area is 100 Å². The number of fused-ring (bicyclic) bond motifs is 2. The van der Waals surface area contributed by atoms with E-state index < -0.39 is 0 Å². The van der Waals surface area contributed by atoms with Crippen LogP contribution in [-0.2, 0) is 0 Å². The molecule has 86 valence electrons. The minimum absolute atomic E-state index is 0.614. The van der Waals surface area contributed by atoms with Crippen molar-refractivity contribution in [2.24, 2.45) is 0 Å². The average molecular weight is 238 g/mol. The molecule has 0 atom stereocenters. The van der Waals surface area contributed by atoms with Crippen LogP contribution < -0.4 is 0 Å². The summed E-state index contributed by atoms with van der Waals surface area (Å²) in [5.74, 6) is 0. The molecule has 18 heavy (non-hydrogen) atoms. The Morgan fingerprint density at radius 3 is 2.61 bits per heavy atom. The van der Waals surface area contributed by atoms with Crippen LogP contribution in [0.5, 0.6) is 0 Å². The summed E-state index contributed by atoms with van der Waals surface area (Å²) in [7, 11) is 0. The molecule has 4 heterocycles. The van der Waals surface area contributed by atoms with Crippen LogP contribution in [0.15, 0.2) is 46.3 Å². The monoisotopic (exact) mass is 238 g/mol. The molecular weight excluding hydrogens is 232 g/mol. The predicted octanol–water partition coefficient (Wildman–Crippen LogP) is 2.43. The maximum atomic E-state index is 5.38. The predicted molar refractivity (Wildman–Crippen MR) is 62.6 cm³/mol. The third-order valence-electron chi connectivity index (χ3n) is 2.74. The van der Waals surface area contributed by atoms with Crippen LogP contribution in [0.1, 0.15) is 0 Å². The van der Waals surface area contributed by atoms with Gasteiger partial charge in [-0.25, -0.2) is 9.97 Å². The Balaban J connectivity index is 2.13. The average Bonchev–Trinajstić information content (AvgIpc) is 3.06. The lowest BCUT2D eigenvalue weighted by Crippen LogP contribution is -1.86. The Kier molecular flexibility index (Phi) is 1.74. The lowest BCUT2D eigenvalue weighted by Gasteiger charge is -2.00. The Bertz CT molecular complexity index is 777. The summed E-state index contributed by atoms with van der Waals surface area (Å²) in [6, 6.07) is 1.79. The van der Waals surface area contributed by atoms with E-state index in [1.165, 1.54) is 12.8 Å². The fourth-order valence-electron chi connectivity index (χ4n) is 1.94. The fraction of sp³-hybridized carbons (Fsp3) is 0. The Hall–Kier alpha value is -2.76. The first-order valence-corrected chi connectivity index (χ1v) is 5.29. The van der Waals surface area contributed by atoms with Gasteiger partial charge in [-0.3, -0.25) is 9.97 Å². The smallest absolute Gasteiger partial charge is 0.182 e. The van der Waals surface area contributed by atoms with Gasteiger partial charge in [0.25, 0.3) is 0 Å². The molecule has 4 aromatic rings. The van der Waals surface area contributed by atoms with Gasteiger partial charge >= 0.3 is 0 Å². The number of pyridine rings is 2. The van der Waals surface area contributed by atoms with Crippen LogP contribution in [0.3, 0.4) is 0 Å². The van der Waals surface area contributed by atoms with Crippen molar-refractivity contribution in [2.45, 2.75) is 0 Å². The molecule has 0 N–H and O–H groups in total. The summed E-state index contributed by atoms with van der Waals surface area (Å²) < 4.78 is 10.7. The minimum atomic E-state index is 0.614. The highest BCUT2D eigenvalue weighted by Gasteiger charge is 2.14. The van der Waals surface area contributed by atoms with E-state index in [0.29, 0.717) is 22.4 Å². The molecule has 4 aromatic heterocycles. The van der Waals surface area contributed by atoms with Crippen LogP contribution in [0.25, 0.3) is 33.5 Å². The summed E-state index contributed by atoms with van der Waals surface area (Å²) in [6.45, 7) is 0. The van der Waals surface area contributed by atoms with E-state index in [2.05, 4.69) is 19.9 Å². The number of hydrogen-bond acceptors (Lipinski definition) is 6. The maximum Gasteiger partial charge on any atom is 0.182 e. The largest absolute Gasteiger partial charge is 0.443 e. The second-order valence-electron chi connectivity index (χ2n) is 3.75. The Morgan fingerprint density at radius 1 is 0.833 bits per heavy atom. The maximum absolute atomic E-state index is 5.38. The van der Waals surface area contributed by atoms with Crippen molar-refractivity contribution in [2.75, 3.05) is 0 Å². The molecule has 4 rings (SSSR count). The highest BCUT2D eigenvalue weighted by molar-refractivity contribution is 5.96. The van der Waals surface area contributed by atoms with Gasteiger partial charge in [-0.1, -0.05) is 0 Å². The van der Waals surface area contributed by atoms with Crippen LogP contribution in [-0.4, -0.2) is 19.9 Å². The van der Waals surface area contributed by atoms with Gasteiger partial charge in [0.2, 0.25) is 0 Å². The van der Waals surface area contributed by atoms with Crippen molar-refractivity contribution >= 4 is 22.2 Å². The number of nitrogens with zero attached hydrogens (tertiary/aromatic N) is 4. The van der Waals surface area contributed by atoms with E-state index >= 15 is 0 Å². The van der Waals surface area contributed by atoms with E-state index in [9.17, 15) is 0 Å². The van der Waals surface area contributed by atoms with Crippen molar-refractivity contribution in [3.8, 4) is 11.3 Å². The number of oxazole rings is 2. The number of aromatic nitrogens is 4.